The Morgan fingerprint density at radius 3 is 2.00 bits per heavy atom. The molecule has 8 nitrogen and oxygen atoms in total. The molecule has 0 aliphatic carbocycles. The zero-order valence-electron chi connectivity index (χ0n) is 11.1. The quantitative estimate of drug-likeness (QED) is 0.523. The molecule has 1 heterocycles. The van der Waals surface area contributed by atoms with Crippen LogP contribution >= 0.6 is 0 Å². The van der Waals surface area contributed by atoms with Crippen molar-refractivity contribution in [2.24, 2.45) is 0 Å². The molecule has 0 spiro atoms. The highest BCUT2D eigenvalue weighted by Crippen LogP contribution is 2.15. The smallest absolute Gasteiger partial charge is 0.459 e. The largest absolute Gasteiger partial charge is 0.516 e. The zero-order chi connectivity index (χ0) is 14.8. The van der Waals surface area contributed by atoms with Gasteiger partial charge < -0.3 is 18.9 Å². The van der Waals surface area contributed by atoms with Gasteiger partial charge >= 0.3 is 24.2 Å². The Bertz CT molecular complexity index is 448. The Hall–Kier alpha value is -2.64. The predicted molar refractivity (Wildman–Crippen MR) is 68.9 cm³/mol. The van der Waals surface area contributed by atoms with Crippen LogP contribution in [0.5, 0.6) is 18.0 Å². The number of hydrogen-bond acceptors (Lipinski definition) is 8. The molecule has 0 amide bonds. The molecule has 0 bridgehead atoms. The summed E-state index contributed by atoms with van der Waals surface area (Å²) in [4.78, 5) is 22.6. The van der Waals surface area contributed by atoms with Crippen LogP contribution < -0.4 is 14.2 Å². The monoisotopic (exact) mass is 281 g/mol. The van der Waals surface area contributed by atoms with E-state index < -0.39 is 6.16 Å². The first-order valence-electron chi connectivity index (χ1n) is 5.77. The maximum Gasteiger partial charge on any atom is 0.516 e. The minimum atomic E-state index is -0.928. The summed E-state index contributed by atoms with van der Waals surface area (Å²) in [6, 6.07) is -0.395. The van der Waals surface area contributed by atoms with Crippen LogP contribution in [0.2, 0.25) is 0 Å². The van der Waals surface area contributed by atoms with Gasteiger partial charge in [-0.05, 0) is 6.92 Å². The third-order valence-electron chi connectivity index (χ3n) is 1.67. The van der Waals surface area contributed by atoms with Crippen LogP contribution in [-0.4, -0.2) is 40.9 Å². The molecule has 0 saturated carbocycles. The van der Waals surface area contributed by atoms with Gasteiger partial charge in [0, 0.05) is 0 Å². The molecule has 1 aromatic heterocycles. The lowest BCUT2D eigenvalue weighted by Crippen LogP contribution is -2.14. The highest BCUT2D eigenvalue weighted by molar-refractivity contribution is 5.62. The number of hydrogen-bond donors (Lipinski definition) is 0. The van der Waals surface area contributed by atoms with E-state index in [4.69, 9.17) is 14.2 Å². The van der Waals surface area contributed by atoms with Crippen LogP contribution in [0.4, 0.5) is 4.79 Å². The van der Waals surface area contributed by atoms with Gasteiger partial charge in [0.05, 0.1) is 6.61 Å². The van der Waals surface area contributed by atoms with E-state index in [1.54, 1.807) is 6.92 Å². The van der Waals surface area contributed by atoms with Gasteiger partial charge in [-0.15, -0.1) is 15.0 Å². The lowest BCUT2D eigenvalue weighted by Gasteiger charge is -2.07. The molecular formula is C12H15N3O5. The molecule has 0 aromatic carbocycles. The molecule has 108 valence electrons. The van der Waals surface area contributed by atoms with Crippen molar-refractivity contribution in [1.82, 2.24) is 15.0 Å². The topological polar surface area (TPSA) is 92.7 Å². The van der Waals surface area contributed by atoms with E-state index in [1.807, 2.05) is 0 Å². The number of carbonyl (C=O) groups excluding carboxylic acids is 1. The Morgan fingerprint density at radius 1 is 1.05 bits per heavy atom. The van der Waals surface area contributed by atoms with Crippen molar-refractivity contribution in [2.75, 3.05) is 19.8 Å². The van der Waals surface area contributed by atoms with E-state index in [0.29, 0.717) is 0 Å². The van der Waals surface area contributed by atoms with Crippen molar-refractivity contribution in [3.8, 4) is 18.0 Å². The molecular weight excluding hydrogens is 266 g/mol. The fraction of sp³-hybridized carbons (Fsp3) is 0.333. The Labute approximate surface area is 116 Å². The lowest BCUT2D eigenvalue weighted by atomic mass is 10.7. The van der Waals surface area contributed by atoms with Gasteiger partial charge in [0.1, 0.15) is 13.2 Å². The summed E-state index contributed by atoms with van der Waals surface area (Å²) in [5.74, 6) is 0. The van der Waals surface area contributed by atoms with E-state index in [9.17, 15) is 4.79 Å². The first-order chi connectivity index (χ1) is 9.69. The first-order valence-corrected chi connectivity index (χ1v) is 5.77. The van der Waals surface area contributed by atoms with Gasteiger partial charge in [-0.2, -0.15) is 0 Å². The van der Waals surface area contributed by atoms with Gasteiger partial charge in [-0.3, -0.25) is 0 Å². The zero-order valence-corrected chi connectivity index (χ0v) is 11.1. The van der Waals surface area contributed by atoms with Crippen molar-refractivity contribution < 1.29 is 23.7 Å². The van der Waals surface area contributed by atoms with Gasteiger partial charge in [0.2, 0.25) is 0 Å². The summed E-state index contributed by atoms with van der Waals surface area (Å²) < 4.78 is 19.7. The Balaban J connectivity index is 2.86. The average Bonchev–Trinajstić information content (AvgIpc) is 2.43. The molecule has 0 aliphatic rings. The molecule has 8 heteroatoms. The number of aromatic nitrogens is 3. The normalized spacial score (nSPS) is 9.45. The highest BCUT2D eigenvalue weighted by atomic mass is 16.7. The number of rotatable bonds is 8. The van der Waals surface area contributed by atoms with Gasteiger partial charge in [0.25, 0.3) is 0 Å². The van der Waals surface area contributed by atoms with Crippen LogP contribution in [0.15, 0.2) is 25.3 Å². The van der Waals surface area contributed by atoms with Gasteiger partial charge in [-0.25, -0.2) is 4.79 Å². The summed E-state index contributed by atoms with van der Waals surface area (Å²) in [6.07, 6.45) is 2.10. The van der Waals surface area contributed by atoms with E-state index in [-0.39, 0.29) is 37.9 Å². The number of ether oxygens (including phenoxy) is 4. The van der Waals surface area contributed by atoms with Crippen LogP contribution in [0.25, 0.3) is 0 Å². The standard InChI is InChI=1S/C12H15N3O5/c1-4-7-18-9-13-10(19-8-5-2)15-11(14-9)20-12(16)17-6-3/h4-5H,1-2,6-8H2,3H3. The maximum atomic E-state index is 11.2. The lowest BCUT2D eigenvalue weighted by molar-refractivity contribution is 0.0997. The molecule has 0 aliphatic heterocycles. The molecule has 1 rings (SSSR count). The van der Waals surface area contributed by atoms with E-state index in [1.165, 1.54) is 12.2 Å². The summed E-state index contributed by atoms with van der Waals surface area (Å²) >= 11 is 0. The first kappa shape index (κ1) is 15.4. The van der Waals surface area contributed by atoms with Crippen molar-refractivity contribution in [3.63, 3.8) is 0 Å². The van der Waals surface area contributed by atoms with Crippen LogP contribution in [0, 0.1) is 0 Å². The van der Waals surface area contributed by atoms with E-state index in [2.05, 4.69) is 32.8 Å². The average molecular weight is 281 g/mol. The van der Waals surface area contributed by atoms with Crippen molar-refractivity contribution >= 4 is 6.16 Å². The third-order valence-corrected chi connectivity index (χ3v) is 1.67. The van der Waals surface area contributed by atoms with E-state index in [0.717, 1.165) is 0 Å². The molecule has 0 saturated heterocycles. The maximum absolute atomic E-state index is 11.2. The Kier molecular flexibility index (Phi) is 6.52. The number of carbonyl (C=O) groups is 1. The third kappa shape index (κ3) is 5.34. The Morgan fingerprint density at radius 2 is 1.55 bits per heavy atom. The molecule has 20 heavy (non-hydrogen) atoms. The van der Waals surface area contributed by atoms with Crippen molar-refractivity contribution in [2.45, 2.75) is 6.92 Å². The van der Waals surface area contributed by atoms with Gasteiger partial charge in [-0.1, -0.05) is 25.3 Å². The molecule has 0 fully saturated rings. The fourth-order valence-electron chi connectivity index (χ4n) is 0.984. The van der Waals surface area contributed by atoms with Crippen LogP contribution in [-0.2, 0) is 4.74 Å². The fourth-order valence-corrected chi connectivity index (χ4v) is 0.984. The molecule has 0 unspecified atom stereocenters. The minimum Gasteiger partial charge on any atom is -0.459 e. The van der Waals surface area contributed by atoms with Crippen molar-refractivity contribution in [3.05, 3.63) is 25.3 Å². The summed E-state index contributed by atoms with van der Waals surface area (Å²) in [7, 11) is 0. The van der Waals surface area contributed by atoms with Crippen LogP contribution in [0.3, 0.4) is 0 Å². The molecule has 0 radical (unpaired) electrons. The predicted octanol–water partition coefficient (Wildman–Crippen LogP) is 1.54. The second-order valence-corrected chi connectivity index (χ2v) is 3.17. The highest BCUT2D eigenvalue weighted by Gasteiger charge is 2.13. The summed E-state index contributed by atoms with van der Waals surface area (Å²) in [5.41, 5.74) is 0. The summed E-state index contributed by atoms with van der Waals surface area (Å²) in [5, 5.41) is 0. The number of nitrogens with zero attached hydrogens (tertiary/aromatic N) is 3. The van der Waals surface area contributed by atoms with Crippen molar-refractivity contribution in [1.29, 1.82) is 0 Å². The minimum absolute atomic E-state index is 0.0572. The molecule has 0 atom stereocenters. The molecule has 0 N–H and O–H groups in total. The second kappa shape index (κ2) is 8.46. The SMILES string of the molecule is C=CCOc1nc(OCC=C)nc(OC(=O)OCC)n1. The van der Waals surface area contributed by atoms with Crippen LogP contribution in [0.1, 0.15) is 6.92 Å². The summed E-state index contributed by atoms with van der Waals surface area (Å²) in [6.45, 7) is 9.18. The van der Waals surface area contributed by atoms with Gasteiger partial charge in [0.15, 0.2) is 0 Å². The second-order valence-electron chi connectivity index (χ2n) is 3.17. The molecule has 1 aromatic rings. The van der Waals surface area contributed by atoms with E-state index >= 15 is 0 Å².